The molecule has 0 saturated carbocycles. The molecule has 2 saturated heterocycles. The number of carbonyl (C=O) groups excluding carboxylic acids is 3. The molecule has 8 nitrogen and oxygen atoms in total. The maximum Gasteiger partial charge on any atom is 0.334 e. The van der Waals surface area contributed by atoms with E-state index in [1.54, 1.807) is 22.0 Å². The highest BCUT2D eigenvalue weighted by Crippen LogP contribution is 2.32. The maximum atomic E-state index is 13.9. The highest BCUT2D eigenvalue weighted by atomic mass is 16.2. The second-order valence-corrected chi connectivity index (χ2v) is 10.3. The predicted molar refractivity (Wildman–Crippen MR) is 146 cm³/mol. The van der Waals surface area contributed by atoms with Crippen molar-refractivity contribution in [2.24, 2.45) is 5.92 Å². The SMILES string of the molecule is CCC(C)[C@H]1C(=O)N(Cc2cccc3ccccc23)C[C@H]2N1C(=O)CN(C)N2C(=O)NCc1ccccc1. The third-order valence-electron chi connectivity index (χ3n) is 7.79. The molecule has 198 valence electrons. The molecule has 1 N–H and O–H groups in total. The fourth-order valence-electron chi connectivity index (χ4n) is 5.63. The van der Waals surface area contributed by atoms with Crippen LogP contribution < -0.4 is 5.32 Å². The molecule has 3 aromatic rings. The zero-order valence-corrected chi connectivity index (χ0v) is 22.2. The fraction of sp³-hybridized carbons (Fsp3) is 0.367. The van der Waals surface area contributed by atoms with Gasteiger partial charge >= 0.3 is 6.03 Å². The van der Waals surface area contributed by atoms with Gasteiger partial charge in [-0.05, 0) is 27.8 Å². The number of piperazine rings is 1. The molecule has 2 heterocycles. The van der Waals surface area contributed by atoms with Crippen LogP contribution in [0.25, 0.3) is 10.8 Å². The fourth-order valence-corrected chi connectivity index (χ4v) is 5.63. The number of hydrogen-bond donors (Lipinski definition) is 1. The molecule has 0 aromatic heterocycles. The molecule has 3 aromatic carbocycles. The molecule has 4 amide bonds. The molecular weight excluding hydrogens is 478 g/mol. The molecule has 2 aliphatic rings. The van der Waals surface area contributed by atoms with Crippen molar-refractivity contribution in [1.82, 2.24) is 25.1 Å². The van der Waals surface area contributed by atoms with Crippen molar-refractivity contribution in [2.45, 2.75) is 45.6 Å². The van der Waals surface area contributed by atoms with E-state index >= 15 is 0 Å². The van der Waals surface area contributed by atoms with Crippen LogP contribution in [-0.2, 0) is 22.7 Å². The first-order valence-corrected chi connectivity index (χ1v) is 13.3. The first kappa shape index (κ1) is 25.7. The van der Waals surface area contributed by atoms with Crippen LogP contribution in [-0.4, -0.2) is 70.0 Å². The Morgan fingerprint density at radius 1 is 1.00 bits per heavy atom. The van der Waals surface area contributed by atoms with Gasteiger partial charge in [0.25, 0.3) is 0 Å². The van der Waals surface area contributed by atoms with E-state index in [2.05, 4.69) is 23.5 Å². The average molecular weight is 514 g/mol. The highest BCUT2D eigenvalue weighted by molar-refractivity contribution is 5.92. The van der Waals surface area contributed by atoms with Crippen LogP contribution in [0.1, 0.15) is 31.4 Å². The van der Waals surface area contributed by atoms with Crippen molar-refractivity contribution in [2.75, 3.05) is 20.1 Å². The van der Waals surface area contributed by atoms with E-state index in [0.29, 0.717) is 13.1 Å². The number of amides is 4. The van der Waals surface area contributed by atoms with Crippen molar-refractivity contribution < 1.29 is 14.4 Å². The smallest absolute Gasteiger partial charge is 0.333 e. The van der Waals surface area contributed by atoms with Crippen molar-refractivity contribution in [1.29, 1.82) is 0 Å². The molecule has 0 bridgehead atoms. The van der Waals surface area contributed by atoms with E-state index in [-0.39, 0.29) is 36.9 Å². The normalized spacial score (nSPS) is 21.0. The second-order valence-electron chi connectivity index (χ2n) is 10.3. The molecule has 8 heteroatoms. The first-order chi connectivity index (χ1) is 18.4. The zero-order valence-electron chi connectivity index (χ0n) is 22.2. The van der Waals surface area contributed by atoms with Crippen molar-refractivity contribution in [3.8, 4) is 0 Å². The molecule has 1 unspecified atom stereocenters. The standard InChI is InChI=1S/C30H35N5O3/c1-4-21(2)28-29(37)33(18-24-15-10-14-23-13-8-9-16-25(23)24)19-26-34(28)27(36)20-32(3)35(26)30(38)31-17-22-11-6-5-7-12-22/h5-16,21,26,28H,4,17-20H2,1-3H3,(H,31,38)/t21?,26-,28-/m0/s1. The van der Waals surface area contributed by atoms with Gasteiger partial charge in [0.15, 0.2) is 0 Å². The number of hydrazine groups is 1. The highest BCUT2D eigenvalue weighted by Gasteiger charge is 2.51. The van der Waals surface area contributed by atoms with Crippen LogP contribution in [0, 0.1) is 5.92 Å². The third-order valence-corrected chi connectivity index (χ3v) is 7.79. The lowest BCUT2D eigenvalue weighted by molar-refractivity contribution is -0.190. The Morgan fingerprint density at radius 2 is 1.71 bits per heavy atom. The Balaban J connectivity index is 1.47. The maximum absolute atomic E-state index is 13.9. The number of fused-ring (bicyclic) bond motifs is 2. The Bertz CT molecular complexity index is 1320. The summed E-state index contributed by atoms with van der Waals surface area (Å²) in [6, 6.07) is 23.1. The Kier molecular flexibility index (Phi) is 7.33. The average Bonchev–Trinajstić information content (AvgIpc) is 2.93. The van der Waals surface area contributed by atoms with E-state index in [4.69, 9.17) is 0 Å². The van der Waals surface area contributed by atoms with Crippen LogP contribution in [0.2, 0.25) is 0 Å². The van der Waals surface area contributed by atoms with Gasteiger partial charge in [0.2, 0.25) is 11.8 Å². The minimum atomic E-state index is -0.626. The molecular formula is C30H35N5O3. The van der Waals surface area contributed by atoms with E-state index in [1.165, 1.54) is 0 Å². The second kappa shape index (κ2) is 10.8. The number of urea groups is 1. The lowest BCUT2D eigenvalue weighted by Gasteiger charge is -2.55. The minimum absolute atomic E-state index is 0.0405. The molecule has 2 fully saturated rings. The zero-order chi connectivity index (χ0) is 26.8. The quantitative estimate of drug-likeness (QED) is 0.544. The van der Waals surface area contributed by atoms with Crippen molar-refractivity contribution in [3.05, 3.63) is 83.9 Å². The molecule has 2 aliphatic heterocycles. The van der Waals surface area contributed by atoms with E-state index in [1.807, 2.05) is 73.3 Å². The van der Waals surface area contributed by atoms with Crippen LogP contribution in [0.5, 0.6) is 0 Å². The van der Waals surface area contributed by atoms with Crippen LogP contribution in [0.4, 0.5) is 4.79 Å². The summed E-state index contributed by atoms with van der Waals surface area (Å²) in [4.78, 5) is 44.3. The van der Waals surface area contributed by atoms with Crippen LogP contribution in [0.15, 0.2) is 72.8 Å². The van der Waals surface area contributed by atoms with Crippen LogP contribution >= 0.6 is 0 Å². The number of carbonyl (C=O) groups is 3. The van der Waals surface area contributed by atoms with Gasteiger partial charge in [-0.1, -0.05) is 93.1 Å². The van der Waals surface area contributed by atoms with Gasteiger partial charge in [-0.25, -0.2) is 14.8 Å². The molecule has 0 spiro atoms. The topological polar surface area (TPSA) is 76.2 Å². The third kappa shape index (κ3) is 4.84. The molecule has 38 heavy (non-hydrogen) atoms. The van der Waals surface area contributed by atoms with Gasteiger partial charge in [-0.2, -0.15) is 0 Å². The van der Waals surface area contributed by atoms with Gasteiger partial charge < -0.3 is 15.1 Å². The summed E-state index contributed by atoms with van der Waals surface area (Å²) < 4.78 is 0. The Hall–Kier alpha value is -3.91. The lowest BCUT2D eigenvalue weighted by Crippen LogP contribution is -2.76. The number of hydrogen-bond acceptors (Lipinski definition) is 4. The predicted octanol–water partition coefficient (Wildman–Crippen LogP) is 3.82. The monoisotopic (exact) mass is 513 g/mol. The number of nitrogens with zero attached hydrogens (tertiary/aromatic N) is 4. The first-order valence-electron chi connectivity index (χ1n) is 13.3. The number of benzene rings is 3. The largest absolute Gasteiger partial charge is 0.334 e. The van der Waals surface area contributed by atoms with Crippen molar-refractivity contribution >= 4 is 28.6 Å². The number of likely N-dealkylation sites (N-methyl/N-ethyl adjacent to an activating group) is 1. The summed E-state index contributed by atoms with van der Waals surface area (Å²) in [5, 5.41) is 8.50. The van der Waals surface area contributed by atoms with Gasteiger partial charge in [0.05, 0.1) is 13.1 Å². The summed E-state index contributed by atoms with van der Waals surface area (Å²) >= 11 is 0. The van der Waals surface area contributed by atoms with Crippen LogP contribution in [0.3, 0.4) is 0 Å². The van der Waals surface area contributed by atoms with Gasteiger partial charge in [0.1, 0.15) is 12.2 Å². The summed E-state index contributed by atoms with van der Waals surface area (Å²) in [7, 11) is 1.75. The molecule has 3 atom stereocenters. The summed E-state index contributed by atoms with van der Waals surface area (Å²) in [5.41, 5.74) is 2.03. The number of nitrogens with one attached hydrogen (secondary N) is 1. The van der Waals surface area contributed by atoms with E-state index in [9.17, 15) is 14.4 Å². The van der Waals surface area contributed by atoms with Gasteiger partial charge in [0, 0.05) is 20.1 Å². The van der Waals surface area contributed by atoms with Gasteiger partial charge in [-0.3, -0.25) is 9.59 Å². The molecule has 5 rings (SSSR count). The van der Waals surface area contributed by atoms with E-state index < -0.39 is 12.2 Å². The Labute approximate surface area is 223 Å². The summed E-state index contributed by atoms with van der Waals surface area (Å²) in [6.07, 6.45) is 0.147. The molecule has 0 aliphatic carbocycles. The summed E-state index contributed by atoms with van der Waals surface area (Å²) in [5.74, 6) is -0.249. The number of rotatable bonds is 6. The minimum Gasteiger partial charge on any atom is -0.333 e. The van der Waals surface area contributed by atoms with E-state index in [0.717, 1.165) is 28.3 Å². The van der Waals surface area contributed by atoms with Crippen molar-refractivity contribution in [3.63, 3.8) is 0 Å². The molecule has 0 radical (unpaired) electrons. The lowest BCUT2D eigenvalue weighted by atomic mass is 9.92. The Morgan fingerprint density at radius 3 is 2.47 bits per heavy atom. The van der Waals surface area contributed by atoms with Gasteiger partial charge in [-0.15, -0.1) is 0 Å². The summed E-state index contributed by atoms with van der Waals surface area (Å²) in [6.45, 7) is 5.10.